The second-order valence-corrected chi connectivity index (χ2v) is 11.9. The maximum atomic E-state index is 15.2. The molecule has 0 saturated heterocycles. The molecule has 14 heteroatoms. The minimum absolute atomic E-state index is 0.00753. The molecule has 3 aromatic carbocycles. The van der Waals surface area contributed by atoms with Gasteiger partial charge in [0.05, 0.1) is 16.5 Å². The van der Waals surface area contributed by atoms with E-state index in [1.54, 1.807) is 30.5 Å². The van der Waals surface area contributed by atoms with Crippen molar-refractivity contribution in [2.75, 3.05) is 5.32 Å². The van der Waals surface area contributed by atoms with Crippen LogP contribution in [0.3, 0.4) is 0 Å². The second kappa shape index (κ2) is 14.2. The van der Waals surface area contributed by atoms with Crippen molar-refractivity contribution in [2.45, 2.75) is 44.8 Å². The zero-order chi connectivity index (χ0) is 33.7. The number of aryl methyl sites for hydroxylation is 1. The Bertz CT molecular complexity index is 2050. The van der Waals surface area contributed by atoms with E-state index in [0.29, 0.717) is 27.3 Å². The number of hydrogen-bond acceptors (Lipinski definition) is 8. The second-order valence-electron chi connectivity index (χ2n) is 10.9. The fourth-order valence-electron chi connectivity index (χ4n) is 5.12. The van der Waals surface area contributed by atoms with Gasteiger partial charge in [0.25, 0.3) is 11.5 Å². The Labute approximate surface area is 270 Å². The van der Waals surface area contributed by atoms with Gasteiger partial charge in [-0.15, -0.1) is 11.3 Å². The summed E-state index contributed by atoms with van der Waals surface area (Å²) in [7, 11) is 0. The molecule has 2 amide bonds. The molecule has 242 valence electrons. The number of rotatable bonds is 13. The van der Waals surface area contributed by atoms with Crippen molar-refractivity contribution in [3.05, 3.63) is 104 Å². The Balaban J connectivity index is 1.27. The highest BCUT2D eigenvalue weighted by Crippen LogP contribution is 2.24. The van der Waals surface area contributed by atoms with Crippen LogP contribution in [0.15, 0.2) is 70.8 Å². The van der Waals surface area contributed by atoms with E-state index in [1.807, 2.05) is 24.3 Å². The third-order valence-electron chi connectivity index (χ3n) is 7.45. The molecule has 0 unspecified atom stereocenters. The molecule has 12 nitrogen and oxygen atoms in total. The number of H-pyrrole nitrogens is 1. The minimum Gasteiger partial charge on any atom is -0.481 e. The molecule has 47 heavy (non-hydrogen) atoms. The first-order valence-electron chi connectivity index (χ1n) is 14.5. The number of thiophene rings is 1. The maximum Gasteiger partial charge on any atom is 0.326 e. The van der Waals surface area contributed by atoms with Crippen LogP contribution in [0.2, 0.25) is 0 Å². The molecule has 2 heterocycles. The molecular formula is C33H30FN5O7S. The van der Waals surface area contributed by atoms with Gasteiger partial charge in [-0.25, -0.2) is 14.2 Å². The molecule has 0 spiro atoms. The van der Waals surface area contributed by atoms with Crippen LogP contribution in [-0.2, 0) is 27.3 Å². The van der Waals surface area contributed by atoms with Gasteiger partial charge in [0.1, 0.15) is 23.7 Å². The fourth-order valence-corrected chi connectivity index (χ4v) is 5.87. The highest BCUT2D eigenvalue weighted by molar-refractivity contribution is 7.09. The van der Waals surface area contributed by atoms with Crippen molar-refractivity contribution in [3.63, 3.8) is 0 Å². The van der Waals surface area contributed by atoms with Gasteiger partial charge >= 0.3 is 11.9 Å². The first-order chi connectivity index (χ1) is 22.5. The number of halogens is 1. The lowest BCUT2D eigenvalue weighted by atomic mass is 10.0. The standard InChI is InChI=1S/C33H30FN5O7S/c1-17-36-25-9-6-19-5-4-18(13-23(19)29(25)32(44)37-17)16-35-20-7-8-22(24(34)14-20)30(42)38-26(10-11-28(40)41)31(43)39-27(33(45)46)15-21-3-2-12-47-21/h2-9,12-14,26-27,35H,10-11,15-16H2,1H3,(H,38,42)(H,39,43)(H,40,41)(H,45,46)(H,36,37,44)/t26-,27-/m0/s1. The van der Waals surface area contributed by atoms with E-state index in [4.69, 9.17) is 5.11 Å². The van der Waals surface area contributed by atoms with Crippen LogP contribution in [0, 0.1) is 12.7 Å². The van der Waals surface area contributed by atoms with Crippen LogP contribution in [0.1, 0.15) is 39.5 Å². The van der Waals surface area contributed by atoms with Gasteiger partial charge in [-0.2, -0.15) is 0 Å². The van der Waals surface area contributed by atoms with Crippen LogP contribution in [0.25, 0.3) is 21.7 Å². The number of nitrogens with one attached hydrogen (secondary N) is 4. The Hall–Kier alpha value is -5.63. The van der Waals surface area contributed by atoms with Crippen LogP contribution < -0.4 is 21.5 Å². The van der Waals surface area contributed by atoms with Crippen molar-refractivity contribution in [2.24, 2.45) is 0 Å². The average Bonchev–Trinajstić information content (AvgIpc) is 3.54. The zero-order valence-corrected chi connectivity index (χ0v) is 25.8. The van der Waals surface area contributed by atoms with Gasteiger partial charge in [0, 0.05) is 30.0 Å². The van der Waals surface area contributed by atoms with E-state index in [9.17, 15) is 29.1 Å². The molecule has 2 aromatic heterocycles. The largest absolute Gasteiger partial charge is 0.481 e. The van der Waals surface area contributed by atoms with Gasteiger partial charge in [0.2, 0.25) is 5.91 Å². The average molecular weight is 660 g/mol. The third-order valence-corrected chi connectivity index (χ3v) is 8.35. The summed E-state index contributed by atoms with van der Waals surface area (Å²) >= 11 is 1.31. The molecule has 0 saturated carbocycles. The summed E-state index contributed by atoms with van der Waals surface area (Å²) in [5, 5.41) is 30.3. The SMILES string of the molecule is Cc1nc2ccc3ccc(CNc4ccc(C(=O)N[C@@H](CCC(=O)O)C(=O)N[C@@H](Cc5cccs5)C(=O)O)c(F)c4)cc3c2c(=O)[nH]1. The number of hydrogen-bond donors (Lipinski definition) is 6. The van der Waals surface area contributed by atoms with Crippen LogP contribution in [0.5, 0.6) is 0 Å². The normalized spacial score (nSPS) is 12.4. The summed E-state index contributed by atoms with van der Waals surface area (Å²) in [4.78, 5) is 69.5. The molecule has 0 aliphatic rings. The van der Waals surface area contributed by atoms with Crippen molar-refractivity contribution in [3.8, 4) is 0 Å². The van der Waals surface area contributed by atoms with Gasteiger partial charge in [-0.1, -0.05) is 24.3 Å². The molecule has 0 aliphatic carbocycles. The maximum absolute atomic E-state index is 15.2. The number of carboxylic acid groups (broad SMARTS) is 2. The number of carboxylic acids is 2. The van der Waals surface area contributed by atoms with E-state index in [-0.39, 0.29) is 24.9 Å². The quantitative estimate of drug-likeness (QED) is 0.102. The molecule has 6 N–H and O–H groups in total. The number of benzene rings is 3. The monoisotopic (exact) mass is 659 g/mol. The number of anilines is 1. The predicted octanol–water partition coefficient (Wildman–Crippen LogP) is 3.97. The molecule has 5 rings (SSSR count). The fraction of sp³-hybridized carbons (Fsp3) is 0.212. The van der Waals surface area contributed by atoms with E-state index in [0.717, 1.165) is 22.4 Å². The lowest BCUT2D eigenvalue weighted by Gasteiger charge is -2.21. The van der Waals surface area contributed by atoms with E-state index >= 15 is 4.39 Å². The van der Waals surface area contributed by atoms with Gasteiger partial charge in [0.15, 0.2) is 0 Å². The molecular weight excluding hydrogens is 629 g/mol. The van der Waals surface area contributed by atoms with E-state index < -0.39 is 53.6 Å². The minimum atomic E-state index is -1.43. The Morgan fingerprint density at radius 1 is 1.00 bits per heavy atom. The van der Waals surface area contributed by atoms with Crippen molar-refractivity contribution in [1.29, 1.82) is 0 Å². The molecule has 0 bridgehead atoms. The smallest absolute Gasteiger partial charge is 0.326 e. The van der Waals surface area contributed by atoms with Gasteiger partial charge in [-0.05, 0) is 71.5 Å². The first kappa shape index (κ1) is 32.8. The zero-order valence-electron chi connectivity index (χ0n) is 25.0. The molecule has 0 fully saturated rings. The summed E-state index contributed by atoms with van der Waals surface area (Å²) in [6, 6.07) is 13.8. The number of aromatic amines is 1. The lowest BCUT2D eigenvalue weighted by molar-refractivity contribution is -0.142. The third kappa shape index (κ3) is 7.97. The Morgan fingerprint density at radius 3 is 2.49 bits per heavy atom. The number of aromatic nitrogens is 2. The molecule has 2 atom stereocenters. The summed E-state index contributed by atoms with van der Waals surface area (Å²) in [6.07, 6.45) is -0.851. The topological polar surface area (TPSA) is 191 Å². The number of carbonyl (C=O) groups is 4. The summed E-state index contributed by atoms with van der Waals surface area (Å²) < 4.78 is 15.2. The summed E-state index contributed by atoms with van der Waals surface area (Å²) in [6.45, 7) is 1.97. The van der Waals surface area contributed by atoms with Crippen molar-refractivity contribution in [1.82, 2.24) is 20.6 Å². The van der Waals surface area contributed by atoms with Crippen molar-refractivity contribution >= 4 is 62.5 Å². The van der Waals surface area contributed by atoms with Crippen LogP contribution in [-0.4, -0.2) is 56.0 Å². The van der Waals surface area contributed by atoms with E-state index in [2.05, 4.69) is 25.9 Å². The van der Waals surface area contributed by atoms with Crippen LogP contribution >= 0.6 is 11.3 Å². The molecule has 0 aliphatic heterocycles. The molecule has 5 aromatic rings. The number of aliphatic carboxylic acids is 2. The highest BCUT2D eigenvalue weighted by atomic mass is 32.1. The lowest BCUT2D eigenvalue weighted by Crippen LogP contribution is -2.52. The number of carbonyl (C=O) groups excluding carboxylic acids is 2. The number of amides is 2. The summed E-state index contributed by atoms with van der Waals surface area (Å²) in [5.74, 6) is -4.80. The number of fused-ring (bicyclic) bond motifs is 3. The Kier molecular flexibility index (Phi) is 9.90. The first-order valence-corrected chi connectivity index (χ1v) is 15.4. The predicted molar refractivity (Wildman–Crippen MR) is 174 cm³/mol. The molecule has 0 radical (unpaired) electrons. The van der Waals surface area contributed by atoms with Gasteiger partial charge < -0.3 is 31.1 Å². The Morgan fingerprint density at radius 2 is 1.79 bits per heavy atom. The van der Waals surface area contributed by atoms with Crippen molar-refractivity contribution < 1.29 is 33.8 Å². The summed E-state index contributed by atoms with van der Waals surface area (Å²) in [5.41, 5.74) is 1.09. The number of nitrogens with zero attached hydrogens (tertiary/aromatic N) is 1. The van der Waals surface area contributed by atoms with Gasteiger partial charge in [-0.3, -0.25) is 19.2 Å². The van der Waals surface area contributed by atoms with E-state index in [1.165, 1.54) is 23.5 Å². The highest BCUT2D eigenvalue weighted by Gasteiger charge is 2.28. The van der Waals surface area contributed by atoms with Crippen LogP contribution in [0.4, 0.5) is 10.1 Å².